The molecule has 8 nitrogen and oxygen atoms in total. The molecule has 0 aliphatic carbocycles. The summed E-state index contributed by atoms with van der Waals surface area (Å²) in [4.78, 5) is 22.8. The van der Waals surface area contributed by atoms with Crippen molar-refractivity contribution in [1.82, 2.24) is 0 Å². The number of hydrogen-bond acceptors (Lipinski definition) is 5. The fourth-order valence-electron chi connectivity index (χ4n) is 1.85. The fraction of sp³-hybridized carbons (Fsp3) is 0.0667. The second-order valence-electron chi connectivity index (χ2n) is 4.91. The van der Waals surface area contributed by atoms with Gasteiger partial charge in [-0.05, 0) is 24.3 Å². The molecule has 0 saturated carbocycles. The van der Waals surface area contributed by atoms with Gasteiger partial charge in [-0.25, -0.2) is 13.2 Å². The number of urea groups is 1. The zero-order chi connectivity index (χ0) is 18.6. The molecule has 130 valence electrons. The van der Waals surface area contributed by atoms with Crippen LogP contribution < -0.4 is 21.5 Å². The quantitative estimate of drug-likeness (QED) is 0.591. The third kappa shape index (κ3) is 5.52. The first kappa shape index (κ1) is 18.3. The number of carbonyl (C=O) groups excluding carboxylic acids is 2. The number of benzene rings is 1. The minimum absolute atomic E-state index is 0.112. The summed E-state index contributed by atoms with van der Waals surface area (Å²) in [6.07, 6.45) is 1.05. The molecule has 10 heteroatoms. The lowest BCUT2D eigenvalue weighted by atomic mass is 10.2. The molecule has 1 heterocycles. The molecule has 0 radical (unpaired) electrons. The SMILES string of the molecule is CS(=O)(=O)Nc1cccc(C#Cc2cc(C(N)=O)c(NC(N)=O)s2)c1. The van der Waals surface area contributed by atoms with E-state index in [-0.39, 0.29) is 10.6 Å². The van der Waals surface area contributed by atoms with Gasteiger partial charge in [0.2, 0.25) is 10.0 Å². The van der Waals surface area contributed by atoms with Gasteiger partial charge in [-0.3, -0.25) is 14.8 Å². The Morgan fingerprint density at radius 3 is 2.48 bits per heavy atom. The van der Waals surface area contributed by atoms with Gasteiger partial charge in [-0.1, -0.05) is 17.9 Å². The van der Waals surface area contributed by atoms with E-state index in [4.69, 9.17) is 11.5 Å². The van der Waals surface area contributed by atoms with Gasteiger partial charge in [-0.2, -0.15) is 0 Å². The average molecular weight is 378 g/mol. The number of amides is 3. The summed E-state index contributed by atoms with van der Waals surface area (Å²) in [5.74, 6) is 4.97. The molecule has 2 rings (SSSR count). The van der Waals surface area contributed by atoms with Crippen LogP contribution in [-0.2, 0) is 10.0 Å². The summed E-state index contributed by atoms with van der Waals surface area (Å²) in [5, 5.41) is 2.54. The first-order valence-corrected chi connectivity index (χ1v) is 9.45. The Bertz CT molecular complexity index is 1000. The van der Waals surface area contributed by atoms with Gasteiger partial charge in [0.15, 0.2) is 0 Å². The Hall–Kier alpha value is -3.03. The lowest BCUT2D eigenvalue weighted by Gasteiger charge is -2.03. The minimum Gasteiger partial charge on any atom is -0.366 e. The molecular weight excluding hydrogens is 364 g/mol. The van der Waals surface area contributed by atoms with Crippen molar-refractivity contribution in [2.45, 2.75) is 0 Å². The monoisotopic (exact) mass is 378 g/mol. The van der Waals surface area contributed by atoms with E-state index < -0.39 is 22.0 Å². The molecule has 2 aromatic rings. The molecule has 25 heavy (non-hydrogen) atoms. The van der Waals surface area contributed by atoms with E-state index in [0.717, 1.165) is 17.6 Å². The van der Waals surface area contributed by atoms with Crippen LogP contribution >= 0.6 is 11.3 Å². The number of rotatable bonds is 4. The minimum atomic E-state index is -3.38. The molecule has 6 N–H and O–H groups in total. The average Bonchev–Trinajstić information content (AvgIpc) is 2.86. The third-order valence-electron chi connectivity index (χ3n) is 2.73. The largest absolute Gasteiger partial charge is 0.366 e. The van der Waals surface area contributed by atoms with Crippen molar-refractivity contribution < 1.29 is 18.0 Å². The van der Waals surface area contributed by atoms with Crippen LogP contribution in [0.3, 0.4) is 0 Å². The van der Waals surface area contributed by atoms with Crippen LogP contribution in [0.4, 0.5) is 15.5 Å². The molecule has 1 aromatic heterocycles. The number of thiophene rings is 1. The number of sulfonamides is 1. The normalized spacial score (nSPS) is 10.4. The fourth-order valence-corrected chi connectivity index (χ4v) is 3.32. The molecule has 0 saturated heterocycles. The Labute approximate surface area is 148 Å². The van der Waals surface area contributed by atoms with Gasteiger partial charge in [0.25, 0.3) is 5.91 Å². The molecule has 0 fully saturated rings. The van der Waals surface area contributed by atoms with E-state index in [2.05, 4.69) is 21.9 Å². The van der Waals surface area contributed by atoms with E-state index in [9.17, 15) is 18.0 Å². The highest BCUT2D eigenvalue weighted by molar-refractivity contribution is 7.92. The second-order valence-corrected chi connectivity index (χ2v) is 7.71. The topological polar surface area (TPSA) is 144 Å². The van der Waals surface area contributed by atoms with Crippen molar-refractivity contribution in [3.8, 4) is 11.8 Å². The summed E-state index contributed by atoms with van der Waals surface area (Å²) < 4.78 is 24.9. The van der Waals surface area contributed by atoms with E-state index in [1.165, 1.54) is 6.07 Å². The van der Waals surface area contributed by atoms with Gasteiger partial charge in [-0.15, -0.1) is 11.3 Å². The summed E-state index contributed by atoms with van der Waals surface area (Å²) in [6, 6.07) is 7.15. The first-order chi connectivity index (χ1) is 11.6. The van der Waals surface area contributed by atoms with Crippen LogP contribution in [0.25, 0.3) is 0 Å². The van der Waals surface area contributed by atoms with Gasteiger partial charge < -0.3 is 11.5 Å². The van der Waals surface area contributed by atoms with Crippen molar-refractivity contribution >= 4 is 44.0 Å². The van der Waals surface area contributed by atoms with Gasteiger partial charge in [0.05, 0.1) is 16.7 Å². The molecule has 0 unspecified atom stereocenters. The highest BCUT2D eigenvalue weighted by atomic mass is 32.2. The van der Waals surface area contributed by atoms with E-state index in [1.807, 2.05) is 0 Å². The molecule has 0 aliphatic rings. The number of carbonyl (C=O) groups is 2. The Balaban J connectivity index is 2.31. The van der Waals surface area contributed by atoms with Crippen molar-refractivity contribution in [2.24, 2.45) is 11.5 Å². The molecule has 0 bridgehead atoms. The second kappa shape index (κ2) is 7.25. The summed E-state index contributed by atoms with van der Waals surface area (Å²) in [6.45, 7) is 0. The summed E-state index contributed by atoms with van der Waals surface area (Å²) in [5.41, 5.74) is 11.4. The van der Waals surface area contributed by atoms with Gasteiger partial charge in [0.1, 0.15) is 5.00 Å². The Morgan fingerprint density at radius 1 is 1.16 bits per heavy atom. The van der Waals surface area contributed by atoms with Gasteiger partial charge >= 0.3 is 6.03 Å². The molecule has 0 spiro atoms. The van der Waals surface area contributed by atoms with Crippen LogP contribution in [0.5, 0.6) is 0 Å². The highest BCUT2D eigenvalue weighted by Gasteiger charge is 2.14. The predicted molar refractivity (Wildman–Crippen MR) is 96.9 cm³/mol. The van der Waals surface area contributed by atoms with Gasteiger partial charge in [0, 0.05) is 11.3 Å². The lowest BCUT2D eigenvalue weighted by molar-refractivity contribution is 0.100. The summed E-state index contributed by atoms with van der Waals surface area (Å²) in [7, 11) is -3.38. The zero-order valence-electron chi connectivity index (χ0n) is 13.0. The first-order valence-electron chi connectivity index (χ1n) is 6.74. The standard InChI is InChI=1S/C15H14N4O4S2/c1-25(22,23)19-10-4-2-3-9(7-10)5-6-11-8-12(13(16)20)14(24-11)18-15(17)21/h2-4,7-8,19H,1H3,(H2,16,20)(H3,17,18,21). The van der Waals surface area contributed by atoms with Crippen LogP contribution in [0.2, 0.25) is 0 Å². The van der Waals surface area contributed by atoms with Crippen molar-refractivity contribution in [1.29, 1.82) is 0 Å². The predicted octanol–water partition coefficient (Wildman–Crippen LogP) is 1.11. The summed E-state index contributed by atoms with van der Waals surface area (Å²) >= 11 is 1.05. The Morgan fingerprint density at radius 2 is 1.88 bits per heavy atom. The highest BCUT2D eigenvalue weighted by Crippen LogP contribution is 2.27. The molecule has 0 aliphatic heterocycles. The maximum absolute atomic E-state index is 11.4. The van der Waals surface area contributed by atoms with Crippen LogP contribution in [-0.4, -0.2) is 26.6 Å². The van der Waals surface area contributed by atoms with Crippen LogP contribution in [0.15, 0.2) is 30.3 Å². The van der Waals surface area contributed by atoms with Crippen LogP contribution in [0.1, 0.15) is 20.8 Å². The Kier molecular flexibility index (Phi) is 5.31. The van der Waals surface area contributed by atoms with E-state index in [0.29, 0.717) is 16.1 Å². The van der Waals surface area contributed by atoms with Crippen molar-refractivity contribution in [3.63, 3.8) is 0 Å². The number of hydrogen-bond donors (Lipinski definition) is 4. The maximum Gasteiger partial charge on any atom is 0.317 e. The van der Waals surface area contributed by atoms with Crippen molar-refractivity contribution in [2.75, 3.05) is 16.3 Å². The van der Waals surface area contributed by atoms with E-state index >= 15 is 0 Å². The number of anilines is 2. The molecule has 3 amide bonds. The number of nitrogens with one attached hydrogen (secondary N) is 2. The van der Waals surface area contributed by atoms with E-state index in [1.54, 1.807) is 24.3 Å². The van der Waals surface area contributed by atoms with Crippen molar-refractivity contribution in [3.05, 3.63) is 46.3 Å². The zero-order valence-corrected chi connectivity index (χ0v) is 14.6. The smallest absolute Gasteiger partial charge is 0.317 e. The number of nitrogens with two attached hydrogens (primary N) is 2. The molecule has 1 aromatic carbocycles. The maximum atomic E-state index is 11.4. The molecule has 0 atom stereocenters. The van der Waals surface area contributed by atoms with Crippen LogP contribution in [0, 0.1) is 11.8 Å². The number of primary amides is 2. The molecular formula is C15H14N4O4S2. The third-order valence-corrected chi connectivity index (χ3v) is 4.30. The lowest BCUT2D eigenvalue weighted by Crippen LogP contribution is -2.21.